The van der Waals surface area contributed by atoms with Gasteiger partial charge in [-0.05, 0) is 221 Å². The Balaban J connectivity index is 0.000000217. The summed E-state index contributed by atoms with van der Waals surface area (Å²) in [7, 11) is 13.0. The number of hydrogen-bond acceptors (Lipinski definition) is 25. The largest absolute Gasteiger partial charge is 0.497 e. The normalized spacial score (nSPS) is 18.9. The molecule has 146 heavy (non-hydrogen) atoms. The van der Waals surface area contributed by atoms with Crippen molar-refractivity contribution >= 4 is 87.9 Å². The predicted octanol–water partition coefficient (Wildman–Crippen LogP) is 8.64. The smallest absolute Gasteiger partial charge is 0.315 e. The van der Waals surface area contributed by atoms with Crippen molar-refractivity contribution in [2.24, 2.45) is 29.4 Å². The average molecular weight is 2010 g/mol. The minimum atomic E-state index is -0.923. The van der Waals surface area contributed by atoms with E-state index in [-0.39, 0.29) is 116 Å². The summed E-state index contributed by atoms with van der Waals surface area (Å²) in [4.78, 5) is 195. The summed E-state index contributed by atoms with van der Waals surface area (Å²) in [5.74, 6) is -3.69. The zero-order valence-electron chi connectivity index (χ0n) is 86.1. The molecule has 4 saturated heterocycles. The number of likely N-dealkylation sites (N-methyl/N-ethyl adjacent to an activating group) is 2. The number of hydrogen-bond donors (Lipinski definition) is 10. The fourth-order valence-electron chi connectivity index (χ4n) is 16.2. The summed E-state index contributed by atoms with van der Waals surface area (Å²) in [5.41, 5.74) is 8.58. The summed E-state index contributed by atoms with van der Waals surface area (Å²) in [6.45, 7) is 14.8. The molecule has 4 aliphatic rings. The Hall–Kier alpha value is -14.0. The van der Waals surface area contributed by atoms with Crippen LogP contribution in [0.5, 0.6) is 23.0 Å². The summed E-state index contributed by atoms with van der Waals surface area (Å²) in [6, 6.07) is 59.7. The molecule has 0 aliphatic carbocycles. The van der Waals surface area contributed by atoms with Gasteiger partial charge in [-0.2, -0.15) is 0 Å². The fourth-order valence-corrected chi connectivity index (χ4v) is 16.2. The lowest BCUT2D eigenvalue weighted by atomic mass is 9.89. The molecule has 11 N–H and O–H groups in total. The van der Waals surface area contributed by atoms with Crippen molar-refractivity contribution in [3.63, 3.8) is 0 Å². The van der Waals surface area contributed by atoms with Crippen molar-refractivity contribution in [2.45, 2.75) is 203 Å². The monoisotopic (exact) mass is 2010 g/mol. The molecule has 8 aromatic carbocycles. The molecule has 0 saturated carbocycles. The molecule has 9 amide bonds. The van der Waals surface area contributed by atoms with E-state index in [1.807, 2.05) is 182 Å². The maximum atomic E-state index is 13.7. The van der Waals surface area contributed by atoms with Gasteiger partial charge in [0.05, 0.1) is 110 Å². The number of benzene rings is 8. The molecule has 34 heteroatoms. The number of methoxy groups -OCH3 is 4. The number of nitrogens with two attached hydrogens (primary N) is 1. The molecule has 8 aromatic rings. The molecule has 0 radical (unpaired) electrons. The summed E-state index contributed by atoms with van der Waals surface area (Å²) in [6.07, 6.45) is 2.18. The number of carbonyl (C=O) groups excluding carboxylic acids is 15. The number of nitrogens with zero attached hydrogens (tertiary/aromatic N) is 1. The lowest BCUT2D eigenvalue weighted by Crippen LogP contribution is -2.50. The lowest BCUT2D eigenvalue weighted by Gasteiger charge is -2.24. The molecule has 4 heterocycles. The maximum Gasteiger partial charge on any atom is 0.315 e. The van der Waals surface area contributed by atoms with Crippen molar-refractivity contribution in [2.75, 3.05) is 89.6 Å². The van der Waals surface area contributed by atoms with Crippen LogP contribution in [0.4, 0.5) is 9.59 Å². The minimum Gasteiger partial charge on any atom is -0.497 e. The molecule has 0 bridgehead atoms. The molecule has 34 nitrogen and oxygen atoms in total. The average Bonchev–Trinajstić information content (AvgIpc) is 1.65. The number of nitrogens with one attached hydrogen (secondary N) is 9. The van der Waals surface area contributed by atoms with Crippen molar-refractivity contribution in [1.82, 2.24) is 52.8 Å². The van der Waals surface area contributed by atoms with Crippen molar-refractivity contribution in [1.29, 1.82) is 0 Å². The Labute approximate surface area is 854 Å². The van der Waals surface area contributed by atoms with Gasteiger partial charge in [0.1, 0.15) is 51.2 Å². The number of Topliss-reactive ketones (excluding diaryl/α,β-unsaturated/α-hetero) is 8. The standard InChI is InChI=1S/C30H39N3O6.C28H35N3O6.C27H33N3O6.C27H34N2O5/c1-20(31-27(35)18-33(3)4)26(34)17-23(15-22-11-13-24(38-5)14-12-22)29(37)32-25(28(36)30(2)19-39-30)16-21-9-7-6-8-10-21;1-18(30-27(35)29-3)24(32)16-21(14-20-10-12-22(36-4)13-11-20)26(34)31-23(25(33)28(2)17-37-28)15-19-8-6-5-7-9-19;1-17(29-26(28)34)23(31)15-20(13-19-9-11-21(35-3)12-10-19)25(33)30-22(24(32)27(2)16-36-27)14-18-7-5-4-6-8-18;1-18(28-3)24(30)16-21(14-20-10-12-22(33-4)13-11-20)26(32)29-23(25(31)27(2)17-34-27)15-19-8-6-5-7-9-19/h6-14,20,23,25H,15-19H2,1-5H3,(H,31,35)(H,32,37);5-13,18,21,23H,14-17H2,1-4H3,(H,31,34)(H2,29,30,35);4-12,17,20,22H,13-16H2,1-3H3,(H,30,33)(H3,28,29,34);5-13,18,21,23,28H,14-17H2,1-4H3,(H,29,32)/t20-,23+,25-,30+;18-,21+,23-,28+;17-,20+,22-,27+;18-,21+,23-,27+/m0000/s1. The van der Waals surface area contributed by atoms with E-state index in [0.29, 0.717) is 75.8 Å². The van der Waals surface area contributed by atoms with Crippen LogP contribution < -0.4 is 72.5 Å². The number of ether oxygens (including phenoxy) is 8. The van der Waals surface area contributed by atoms with E-state index in [2.05, 4.69) is 47.9 Å². The second kappa shape index (κ2) is 55.3. The van der Waals surface area contributed by atoms with Crippen molar-refractivity contribution in [3.05, 3.63) is 263 Å². The Morgan fingerprint density at radius 2 is 0.521 bits per heavy atom. The molecule has 4 aliphatic heterocycles. The predicted molar refractivity (Wildman–Crippen MR) is 549 cm³/mol. The van der Waals surface area contributed by atoms with Crippen LogP contribution in [-0.2, 0) is 133 Å². The highest BCUT2D eigenvalue weighted by atomic mass is 16.6. The van der Waals surface area contributed by atoms with Crippen molar-refractivity contribution < 1.29 is 110 Å². The van der Waals surface area contributed by atoms with Gasteiger partial charge in [0, 0.05) is 56.4 Å². The van der Waals surface area contributed by atoms with Gasteiger partial charge in [-0.15, -0.1) is 0 Å². The molecule has 0 unspecified atom stereocenters. The number of ketones is 8. The number of amides is 9. The first-order chi connectivity index (χ1) is 69.5. The van der Waals surface area contributed by atoms with Gasteiger partial charge < -0.3 is 96.4 Å². The van der Waals surface area contributed by atoms with Crippen LogP contribution in [-0.4, -0.2) is 253 Å². The maximum absolute atomic E-state index is 13.7. The molecule has 782 valence electrons. The highest BCUT2D eigenvalue weighted by Crippen LogP contribution is 2.35. The van der Waals surface area contributed by atoms with Crippen LogP contribution in [0, 0.1) is 23.7 Å². The van der Waals surface area contributed by atoms with Crippen LogP contribution in [0.15, 0.2) is 218 Å². The number of carbonyl (C=O) groups is 15. The fraction of sp³-hybridized carbons (Fsp3) is 0.438. The van der Waals surface area contributed by atoms with E-state index in [1.54, 1.807) is 139 Å². The lowest BCUT2D eigenvalue weighted by molar-refractivity contribution is -0.134. The third-order valence-electron chi connectivity index (χ3n) is 26.0. The highest BCUT2D eigenvalue weighted by Gasteiger charge is 2.54. The number of primary amides is 1. The second-order valence-corrected chi connectivity index (χ2v) is 38.4. The summed E-state index contributed by atoms with van der Waals surface area (Å²) in [5, 5.41) is 24.6. The van der Waals surface area contributed by atoms with Crippen molar-refractivity contribution in [3.8, 4) is 23.0 Å². The Kier molecular flexibility index (Phi) is 43.8. The SMILES string of the molecule is CNC(=O)N[C@@H](C)C(=O)C[C@@H](Cc1ccc(OC)cc1)C(=O)N[C@@H](Cc1ccccc1)C(=O)[C@@]1(C)CO1.CN[C@@H](C)C(=O)C[C@@H](Cc1ccc(OC)cc1)C(=O)N[C@@H](Cc1ccccc1)C(=O)[C@@]1(C)CO1.COc1ccc(C[C@H](CC(=O)[C@H](C)NC(=O)CN(C)C)C(=O)N[C@@H](Cc2ccccc2)C(=O)[C@@]2(C)CO2)cc1.COc1ccc(C[C@H](CC(=O)[C@H](C)NC(N)=O)C(=O)N[C@@H](Cc2ccccc2)C(=O)[C@@]2(C)CO2)cc1. The van der Waals surface area contributed by atoms with Gasteiger partial charge in [-0.1, -0.05) is 170 Å². The van der Waals surface area contributed by atoms with Crippen LogP contribution in [0.1, 0.15) is 126 Å². The van der Waals surface area contributed by atoms with Gasteiger partial charge in [0.2, 0.25) is 29.5 Å². The molecule has 4 fully saturated rings. The van der Waals surface area contributed by atoms with E-state index >= 15 is 0 Å². The van der Waals surface area contributed by atoms with Crippen LogP contribution in [0.25, 0.3) is 0 Å². The Bertz CT molecular complexity index is 5710. The van der Waals surface area contributed by atoms with Crippen LogP contribution >= 0.6 is 0 Å². The Morgan fingerprint density at radius 1 is 0.308 bits per heavy atom. The number of rotatable bonds is 54. The van der Waals surface area contributed by atoms with E-state index in [9.17, 15) is 71.9 Å². The van der Waals surface area contributed by atoms with E-state index in [4.69, 9.17) is 43.6 Å². The molecule has 12 rings (SSSR count). The van der Waals surface area contributed by atoms with E-state index in [1.165, 1.54) is 14.0 Å². The first-order valence-electron chi connectivity index (χ1n) is 48.9. The first kappa shape index (κ1) is 116. The quantitative estimate of drug-likeness (QED) is 0.0159. The third-order valence-corrected chi connectivity index (χ3v) is 26.0. The van der Waals surface area contributed by atoms with Gasteiger partial charge >= 0.3 is 12.1 Å². The van der Waals surface area contributed by atoms with E-state index < -0.39 is 118 Å². The highest BCUT2D eigenvalue weighted by molar-refractivity contribution is 6.02. The van der Waals surface area contributed by atoms with Crippen LogP contribution in [0.3, 0.4) is 0 Å². The first-order valence-corrected chi connectivity index (χ1v) is 48.9. The number of urea groups is 2. The summed E-state index contributed by atoms with van der Waals surface area (Å²) < 4.78 is 42.3. The zero-order chi connectivity index (χ0) is 107. The number of epoxide rings is 4. The van der Waals surface area contributed by atoms with Gasteiger partial charge in [-0.25, -0.2) is 9.59 Å². The topological polar surface area (TPSA) is 481 Å². The van der Waals surface area contributed by atoms with Gasteiger partial charge in [-0.3, -0.25) is 62.3 Å². The molecule has 16 atom stereocenters. The third kappa shape index (κ3) is 36.9. The molecular weight excluding hydrogens is 1870 g/mol. The molecule has 0 aromatic heterocycles. The van der Waals surface area contributed by atoms with Crippen LogP contribution in [0.2, 0.25) is 0 Å². The molecule has 0 spiro atoms. The van der Waals surface area contributed by atoms with Gasteiger partial charge in [0.15, 0.2) is 40.5 Å². The zero-order valence-corrected chi connectivity index (χ0v) is 86.1. The minimum absolute atomic E-state index is 0.0559. The van der Waals surface area contributed by atoms with E-state index in [0.717, 1.165) is 50.3 Å². The summed E-state index contributed by atoms with van der Waals surface area (Å²) >= 11 is 0. The Morgan fingerprint density at radius 3 is 0.719 bits per heavy atom. The van der Waals surface area contributed by atoms with Gasteiger partial charge in [0.25, 0.3) is 0 Å². The second-order valence-electron chi connectivity index (χ2n) is 38.4. The molecular formula is C112H141N11O23.